The summed E-state index contributed by atoms with van der Waals surface area (Å²) in [6, 6.07) is 7.87. The lowest BCUT2D eigenvalue weighted by atomic mass is 10.0. The molecule has 2 N–H and O–H groups in total. The number of nitrogens with one attached hydrogen (secondary N) is 1. The highest BCUT2D eigenvalue weighted by Crippen LogP contribution is 2.29. The van der Waals surface area contributed by atoms with Gasteiger partial charge in [0.05, 0.1) is 0 Å². The molecule has 0 saturated carbocycles. The van der Waals surface area contributed by atoms with Gasteiger partial charge in [-0.25, -0.2) is 0 Å². The van der Waals surface area contributed by atoms with Crippen molar-refractivity contribution in [2.24, 2.45) is 5.92 Å². The number of aliphatic hydroxyl groups excluding tert-OH is 1. The third kappa shape index (κ3) is 3.50. The molecule has 0 aliphatic heterocycles. The van der Waals surface area contributed by atoms with Crippen LogP contribution in [0.3, 0.4) is 0 Å². The Morgan fingerprint density at radius 2 is 2.16 bits per heavy atom. The van der Waals surface area contributed by atoms with Crippen LogP contribution in [0.4, 0.5) is 0 Å². The van der Waals surface area contributed by atoms with Gasteiger partial charge in [0.2, 0.25) is 0 Å². The average Bonchev–Trinajstić information content (AvgIpc) is 2.74. The Bertz CT molecular complexity index is 524. The van der Waals surface area contributed by atoms with Gasteiger partial charge in [0.15, 0.2) is 5.22 Å². The van der Waals surface area contributed by atoms with Crippen molar-refractivity contribution in [3.05, 3.63) is 35.0 Å². The topological polar surface area (TPSA) is 45.4 Å². The minimum Gasteiger partial charge on any atom is -0.444 e. The van der Waals surface area contributed by atoms with Crippen LogP contribution >= 0.6 is 11.6 Å². The van der Waals surface area contributed by atoms with Crippen molar-refractivity contribution in [2.75, 3.05) is 13.2 Å². The van der Waals surface area contributed by atoms with Gasteiger partial charge in [0, 0.05) is 24.1 Å². The lowest BCUT2D eigenvalue weighted by Gasteiger charge is -2.13. The SMILES string of the molecule is CCC(CCO)CNCc1c(Cl)oc2ccccc12. The first kappa shape index (κ1) is 14.4. The zero-order valence-electron chi connectivity index (χ0n) is 11.2. The van der Waals surface area contributed by atoms with Gasteiger partial charge in [-0.15, -0.1) is 0 Å². The second kappa shape index (κ2) is 6.94. The van der Waals surface area contributed by atoms with E-state index in [4.69, 9.17) is 21.1 Å². The Balaban J connectivity index is 1.99. The molecule has 1 aromatic heterocycles. The van der Waals surface area contributed by atoms with E-state index >= 15 is 0 Å². The second-order valence-corrected chi connectivity index (χ2v) is 5.11. The first-order chi connectivity index (χ1) is 9.26. The van der Waals surface area contributed by atoms with E-state index in [1.807, 2.05) is 24.3 Å². The molecule has 2 rings (SSSR count). The summed E-state index contributed by atoms with van der Waals surface area (Å²) >= 11 is 6.13. The lowest BCUT2D eigenvalue weighted by Crippen LogP contribution is -2.22. The van der Waals surface area contributed by atoms with Crippen molar-refractivity contribution in [2.45, 2.75) is 26.3 Å². The standard InChI is InChI=1S/C15H20ClNO2/c1-2-11(7-8-18)9-17-10-13-12-5-3-4-6-14(12)19-15(13)16/h3-6,11,17-18H,2,7-10H2,1H3. The number of furan rings is 1. The van der Waals surface area contributed by atoms with Crippen LogP contribution in [-0.4, -0.2) is 18.3 Å². The number of hydrogen-bond donors (Lipinski definition) is 2. The summed E-state index contributed by atoms with van der Waals surface area (Å²) in [4.78, 5) is 0. The maximum Gasteiger partial charge on any atom is 0.199 e. The molecule has 104 valence electrons. The Labute approximate surface area is 118 Å². The van der Waals surface area contributed by atoms with Crippen molar-refractivity contribution in [1.82, 2.24) is 5.32 Å². The monoisotopic (exact) mass is 281 g/mol. The van der Waals surface area contributed by atoms with Crippen LogP contribution in [0.5, 0.6) is 0 Å². The molecule has 0 amide bonds. The zero-order valence-corrected chi connectivity index (χ0v) is 11.9. The molecule has 0 radical (unpaired) electrons. The van der Waals surface area contributed by atoms with E-state index < -0.39 is 0 Å². The number of fused-ring (bicyclic) bond motifs is 1. The smallest absolute Gasteiger partial charge is 0.199 e. The number of benzene rings is 1. The maximum absolute atomic E-state index is 8.97. The molecule has 1 aromatic carbocycles. The predicted molar refractivity (Wildman–Crippen MR) is 78.4 cm³/mol. The summed E-state index contributed by atoms with van der Waals surface area (Å²) in [5, 5.41) is 13.9. The molecular weight excluding hydrogens is 262 g/mol. The molecule has 1 atom stereocenters. The molecular formula is C15H20ClNO2. The van der Waals surface area contributed by atoms with Crippen LogP contribution in [0.15, 0.2) is 28.7 Å². The van der Waals surface area contributed by atoms with E-state index in [0.717, 1.165) is 35.9 Å². The van der Waals surface area contributed by atoms with Crippen molar-refractivity contribution in [3.8, 4) is 0 Å². The highest BCUT2D eigenvalue weighted by atomic mass is 35.5. The zero-order chi connectivity index (χ0) is 13.7. The molecule has 3 nitrogen and oxygen atoms in total. The number of hydrogen-bond acceptors (Lipinski definition) is 3. The summed E-state index contributed by atoms with van der Waals surface area (Å²) in [5.41, 5.74) is 1.84. The fourth-order valence-corrected chi connectivity index (χ4v) is 2.52. The fourth-order valence-electron chi connectivity index (χ4n) is 2.27. The fraction of sp³-hybridized carbons (Fsp3) is 0.467. The van der Waals surface area contributed by atoms with E-state index in [1.54, 1.807) is 0 Å². The molecule has 0 spiro atoms. The van der Waals surface area contributed by atoms with Gasteiger partial charge in [-0.05, 0) is 36.6 Å². The molecule has 4 heteroatoms. The predicted octanol–water partition coefficient (Wildman–Crippen LogP) is 3.58. The summed E-state index contributed by atoms with van der Waals surface area (Å²) in [5.74, 6) is 0.502. The van der Waals surface area contributed by atoms with E-state index in [1.165, 1.54) is 0 Å². The molecule has 19 heavy (non-hydrogen) atoms. The normalized spacial score (nSPS) is 13.0. The second-order valence-electron chi connectivity index (χ2n) is 4.77. The van der Waals surface area contributed by atoms with Crippen LogP contribution < -0.4 is 5.32 Å². The third-order valence-electron chi connectivity index (χ3n) is 3.50. The van der Waals surface area contributed by atoms with Gasteiger partial charge in [-0.2, -0.15) is 0 Å². The van der Waals surface area contributed by atoms with E-state index in [-0.39, 0.29) is 6.61 Å². The van der Waals surface area contributed by atoms with Gasteiger partial charge in [0.1, 0.15) is 5.58 Å². The van der Waals surface area contributed by atoms with Gasteiger partial charge in [0.25, 0.3) is 0 Å². The van der Waals surface area contributed by atoms with Gasteiger partial charge in [-0.1, -0.05) is 31.5 Å². The van der Waals surface area contributed by atoms with Gasteiger partial charge < -0.3 is 14.8 Å². The highest BCUT2D eigenvalue weighted by molar-refractivity contribution is 6.30. The number of aliphatic hydroxyl groups is 1. The Morgan fingerprint density at radius 1 is 1.37 bits per heavy atom. The minimum atomic E-state index is 0.246. The van der Waals surface area contributed by atoms with Crippen LogP contribution in [0, 0.1) is 5.92 Å². The largest absolute Gasteiger partial charge is 0.444 e. The van der Waals surface area contributed by atoms with E-state index in [2.05, 4.69) is 12.2 Å². The lowest BCUT2D eigenvalue weighted by molar-refractivity contribution is 0.251. The summed E-state index contributed by atoms with van der Waals surface area (Å²) in [6.07, 6.45) is 1.90. The first-order valence-corrected chi connectivity index (χ1v) is 7.11. The van der Waals surface area contributed by atoms with E-state index in [0.29, 0.717) is 17.7 Å². The average molecular weight is 282 g/mol. The molecule has 1 heterocycles. The highest BCUT2D eigenvalue weighted by Gasteiger charge is 2.12. The number of para-hydroxylation sites is 1. The quantitative estimate of drug-likeness (QED) is 0.815. The molecule has 0 fully saturated rings. The molecule has 0 aliphatic rings. The van der Waals surface area contributed by atoms with Crippen molar-refractivity contribution in [3.63, 3.8) is 0 Å². The van der Waals surface area contributed by atoms with Crippen LogP contribution in [-0.2, 0) is 6.54 Å². The number of halogens is 1. The Hall–Kier alpha value is -1.03. The minimum absolute atomic E-state index is 0.246. The van der Waals surface area contributed by atoms with Crippen LogP contribution in [0.2, 0.25) is 5.22 Å². The van der Waals surface area contributed by atoms with Gasteiger partial charge >= 0.3 is 0 Å². The molecule has 0 saturated heterocycles. The van der Waals surface area contributed by atoms with Crippen molar-refractivity contribution >= 4 is 22.6 Å². The summed E-state index contributed by atoms with van der Waals surface area (Å²) in [7, 11) is 0. The van der Waals surface area contributed by atoms with Crippen molar-refractivity contribution in [1.29, 1.82) is 0 Å². The Kier molecular flexibility index (Phi) is 5.25. The Morgan fingerprint density at radius 3 is 2.89 bits per heavy atom. The number of rotatable bonds is 7. The van der Waals surface area contributed by atoms with E-state index in [9.17, 15) is 0 Å². The van der Waals surface area contributed by atoms with Crippen molar-refractivity contribution < 1.29 is 9.52 Å². The first-order valence-electron chi connectivity index (χ1n) is 6.73. The van der Waals surface area contributed by atoms with Crippen LogP contribution in [0.1, 0.15) is 25.3 Å². The molecule has 0 aliphatic carbocycles. The summed E-state index contributed by atoms with van der Waals surface area (Å²) in [6.45, 7) is 3.96. The molecule has 0 bridgehead atoms. The van der Waals surface area contributed by atoms with Crippen LogP contribution in [0.25, 0.3) is 11.0 Å². The molecule has 2 aromatic rings. The third-order valence-corrected chi connectivity index (χ3v) is 3.80. The molecule has 1 unspecified atom stereocenters. The van der Waals surface area contributed by atoms with Gasteiger partial charge in [-0.3, -0.25) is 0 Å². The summed E-state index contributed by atoms with van der Waals surface area (Å²) < 4.78 is 5.52. The maximum atomic E-state index is 8.97.